The second kappa shape index (κ2) is 3.82. The standard InChI is InChI=1S/C10H11ClN4/c11-8-3-1-7(2-4-8)5-15-6-14-9(12)10(15)13/h1-4,6H,5,12-13H2. The van der Waals surface area contributed by atoms with Gasteiger partial charge in [-0.2, -0.15) is 0 Å². The summed E-state index contributed by atoms with van der Waals surface area (Å²) in [6.07, 6.45) is 1.62. The third-order valence-electron chi connectivity index (χ3n) is 2.17. The first kappa shape index (κ1) is 9.86. The number of nitrogens with zero attached hydrogens (tertiary/aromatic N) is 2. The Morgan fingerprint density at radius 2 is 1.87 bits per heavy atom. The maximum Gasteiger partial charge on any atom is 0.166 e. The van der Waals surface area contributed by atoms with Gasteiger partial charge in [-0.1, -0.05) is 23.7 Å². The van der Waals surface area contributed by atoms with Crippen LogP contribution in [0.25, 0.3) is 0 Å². The lowest BCUT2D eigenvalue weighted by molar-refractivity contribution is 0.808. The molecule has 0 saturated heterocycles. The maximum absolute atomic E-state index is 5.79. The Labute approximate surface area is 92.5 Å². The summed E-state index contributed by atoms with van der Waals surface area (Å²) in [5.74, 6) is 0.855. The molecule has 5 heteroatoms. The Hall–Kier alpha value is -1.68. The van der Waals surface area contributed by atoms with Gasteiger partial charge in [0.1, 0.15) is 5.82 Å². The summed E-state index contributed by atoms with van der Waals surface area (Å²) in [6, 6.07) is 7.57. The normalized spacial score (nSPS) is 10.5. The molecular formula is C10H11ClN4. The predicted molar refractivity (Wildman–Crippen MR) is 61.6 cm³/mol. The summed E-state index contributed by atoms with van der Waals surface area (Å²) >= 11 is 5.79. The number of hydrogen-bond acceptors (Lipinski definition) is 3. The molecule has 1 aromatic heterocycles. The van der Waals surface area contributed by atoms with Gasteiger partial charge in [-0.05, 0) is 17.7 Å². The highest BCUT2D eigenvalue weighted by Crippen LogP contribution is 2.15. The van der Waals surface area contributed by atoms with E-state index in [0.717, 1.165) is 10.6 Å². The van der Waals surface area contributed by atoms with Crippen LogP contribution in [0.5, 0.6) is 0 Å². The van der Waals surface area contributed by atoms with E-state index in [0.29, 0.717) is 18.2 Å². The molecule has 2 rings (SSSR count). The zero-order valence-electron chi connectivity index (χ0n) is 8.02. The third kappa shape index (κ3) is 2.05. The van der Waals surface area contributed by atoms with Crippen LogP contribution in [0.15, 0.2) is 30.6 Å². The van der Waals surface area contributed by atoms with Crippen LogP contribution in [0.4, 0.5) is 11.6 Å². The number of aromatic nitrogens is 2. The number of rotatable bonds is 2. The van der Waals surface area contributed by atoms with E-state index >= 15 is 0 Å². The van der Waals surface area contributed by atoms with Gasteiger partial charge in [-0.15, -0.1) is 0 Å². The lowest BCUT2D eigenvalue weighted by atomic mass is 10.2. The number of halogens is 1. The van der Waals surface area contributed by atoms with Crippen LogP contribution in [0.1, 0.15) is 5.56 Å². The minimum Gasteiger partial charge on any atom is -0.382 e. The fourth-order valence-electron chi connectivity index (χ4n) is 1.32. The van der Waals surface area contributed by atoms with Crippen LogP contribution in [0, 0.1) is 0 Å². The van der Waals surface area contributed by atoms with E-state index < -0.39 is 0 Å². The van der Waals surface area contributed by atoms with Crippen molar-refractivity contribution in [2.75, 3.05) is 11.5 Å². The Morgan fingerprint density at radius 1 is 1.20 bits per heavy atom. The monoisotopic (exact) mass is 222 g/mol. The Bertz CT molecular complexity index is 461. The summed E-state index contributed by atoms with van der Waals surface area (Å²) in [6.45, 7) is 0.646. The SMILES string of the molecule is Nc1ncn(Cc2ccc(Cl)cc2)c1N. The van der Waals surface area contributed by atoms with Crippen molar-refractivity contribution in [2.45, 2.75) is 6.54 Å². The molecule has 1 heterocycles. The number of hydrogen-bond donors (Lipinski definition) is 2. The molecule has 4 nitrogen and oxygen atoms in total. The molecule has 0 saturated carbocycles. The molecule has 0 fully saturated rings. The van der Waals surface area contributed by atoms with E-state index in [1.807, 2.05) is 24.3 Å². The highest BCUT2D eigenvalue weighted by Gasteiger charge is 2.03. The number of nitrogens with two attached hydrogens (primary N) is 2. The molecule has 0 aliphatic carbocycles. The molecule has 0 spiro atoms. The molecule has 78 valence electrons. The van der Waals surface area contributed by atoms with Gasteiger partial charge in [0, 0.05) is 5.02 Å². The molecule has 0 atom stereocenters. The lowest BCUT2D eigenvalue weighted by Crippen LogP contribution is -2.04. The minimum absolute atomic E-state index is 0.365. The van der Waals surface area contributed by atoms with Gasteiger partial charge in [0.2, 0.25) is 0 Å². The summed E-state index contributed by atoms with van der Waals surface area (Å²) in [5, 5.41) is 0.719. The maximum atomic E-state index is 5.79. The van der Waals surface area contributed by atoms with Gasteiger partial charge in [0.25, 0.3) is 0 Å². The number of imidazole rings is 1. The largest absolute Gasteiger partial charge is 0.382 e. The molecule has 0 aliphatic rings. The van der Waals surface area contributed by atoms with E-state index in [1.54, 1.807) is 10.9 Å². The highest BCUT2D eigenvalue weighted by atomic mass is 35.5. The van der Waals surface area contributed by atoms with Gasteiger partial charge in [-0.3, -0.25) is 0 Å². The van der Waals surface area contributed by atoms with Crippen molar-refractivity contribution in [3.63, 3.8) is 0 Å². The van der Waals surface area contributed by atoms with Crippen LogP contribution < -0.4 is 11.5 Å². The molecular weight excluding hydrogens is 212 g/mol. The van der Waals surface area contributed by atoms with Crippen molar-refractivity contribution >= 4 is 23.2 Å². The van der Waals surface area contributed by atoms with Crippen molar-refractivity contribution in [1.29, 1.82) is 0 Å². The zero-order valence-corrected chi connectivity index (χ0v) is 8.78. The molecule has 1 aromatic carbocycles. The number of benzene rings is 1. The molecule has 0 amide bonds. The molecule has 4 N–H and O–H groups in total. The van der Waals surface area contributed by atoms with Crippen LogP contribution >= 0.6 is 11.6 Å². The molecule has 0 radical (unpaired) electrons. The third-order valence-corrected chi connectivity index (χ3v) is 2.43. The second-order valence-corrected chi connectivity index (χ2v) is 3.71. The molecule has 0 bridgehead atoms. The average molecular weight is 223 g/mol. The first-order valence-electron chi connectivity index (χ1n) is 4.47. The van der Waals surface area contributed by atoms with Crippen molar-refractivity contribution < 1.29 is 0 Å². The van der Waals surface area contributed by atoms with Gasteiger partial charge in [0.05, 0.1) is 12.9 Å². The Morgan fingerprint density at radius 3 is 2.40 bits per heavy atom. The quantitative estimate of drug-likeness (QED) is 0.813. The fourth-order valence-corrected chi connectivity index (χ4v) is 1.45. The number of nitrogen functional groups attached to an aromatic ring is 2. The van der Waals surface area contributed by atoms with E-state index in [1.165, 1.54) is 0 Å². The summed E-state index contributed by atoms with van der Waals surface area (Å²) in [5.41, 5.74) is 12.4. The van der Waals surface area contributed by atoms with Crippen LogP contribution in [0.2, 0.25) is 5.02 Å². The van der Waals surface area contributed by atoms with Crippen LogP contribution in [0.3, 0.4) is 0 Å². The van der Waals surface area contributed by atoms with E-state index in [2.05, 4.69) is 4.98 Å². The molecule has 2 aromatic rings. The summed E-state index contributed by atoms with van der Waals surface area (Å²) in [4.78, 5) is 3.92. The summed E-state index contributed by atoms with van der Waals surface area (Å²) in [7, 11) is 0. The molecule has 0 aliphatic heterocycles. The highest BCUT2D eigenvalue weighted by molar-refractivity contribution is 6.30. The fraction of sp³-hybridized carbons (Fsp3) is 0.100. The van der Waals surface area contributed by atoms with Crippen molar-refractivity contribution in [1.82, 2.24) is 9.55 Å². The van der Waals surface area contributed by atoms with Gasteiger partial charge >= 0.3 is 0 Å². The minimum atomic E-state index is 0.365. The van der Waals surface area contributed by atoms with E-state index in [9.17, 15) is 0 Å². The zero-order chi connectivity index (χ0) is 10.8. The van der Waals surface area contributed by atoms with Gasteiger partial charge in [0.15, 0.2) is 5.82 Å². The Balaban J connectivity index is 2.22. The first-order valence-corrected chi connectivity index (χ1v) is 4.85. The first-order chi connectivity index (χ1) is 7.16. The van der Waals surface area contributed by atoms with Crippen LogP contribution in [-0.2, 0) is 6.54 Å². The molecule has 0 unspecified atom stereocenters. The smallest absolute Gasteiger partial charge is 0.166 e. The molecule has 15 heavy (non-hydrogen) atoms. The van der Waals surface area contributed by atoms with Crippen molar-refractivity contribution in [2.24, 2.45) is 0 Å². The average Bonchev–Trinajstić information content (AvgIpc) is 2.53. The number of anilines is 2. The second-order valence-electron chi connectivity index (χ2n) is 3.27. The van der Waals surface area contributed by atoms with Gasteiger partial charge < -0.3 is 16.0 Å². The Kier molecular flexibility index (Phi) is 2.51. The summed E-state index contributed by atoms with van der Waals surface area (Å²) < 4.78 is 1.79. The predicted octanol–water partition coefficient (Wildman–Crippen LogP) is 1.75. The lowest BCUT2D eigenvalue weighted by Gasteiger charge is -2.04. The van der Waals surface area contributed by atoms with E-state index in [4.69, 9.17) is 23.1 Å². The topological polar surface area (TPSA) is 69.9 Å². The van der Waals surface area contributed by atoms with Crippen molar-refractivity contribution in [3.05, 3.63) is 41.2 Å². The van der Waals surface area contributed by atoms with Crippen molar-refractivity contribution in [3.8, 4) is 0 Å². The van der Waals surface area contributed by atoms with Gasteiger partial charge in [-0.25, -0.2) is 4.98 Å². The van der Waals surface area contributed by atoms with Crippen LogP contribution in [-0.4, -0.2) is 9.55 Å². The van der Waals surface area contributed by atoms with E-state index in [-0.39, 0.29) is 0 Å².